The lowest BCUT2D eigenvalue weighted by atomic mass is 10.4. The molecule has 0 aliphatic carbocycles. The molecule has 0 N–H and O–H groups in total. The summed E-state index contributed by atoms with van der Waals surface area (Å²) < 4.78 is 0. The molecule has 0 saturated heterocycles. The molecule has 0 aliphatic rings. The van der Waals surface area contributed by atoms with Gasteiger partial charge in [0.15, 0.2) is 6.69 Å². The van der Waals surface area contributed by atoms with Crippen molar-refractivity contribution in [2.24, 2.45) is 0 Å². The normalized spacial score (nSPS) is 11.3. The molecule has 76 valence electrons. The van der Waals surface area contributed by atoms with Crippen LogP contribution < -0.4 is 10.4 Å². The average molecular weight is 277 g/mol. The van der Waals surface area contributed by atoms with E-state index in [1.807, 2.05) is 0 Å². The van der Waals surface area contributed by atoms with E-state index in [9.17, 15) is 0 Å². The zero-order chi connectivity index (χ0) is 10.7. The van der Waals surface area contributed by atoms with Crippen LogP contribution in [-0.4, -0.2) is 6.69 Å². The molecule has 0 radical (unpaired) electrons. The zero-order valence-electron chi connectivity index (χ0n) is 8.65. The Bertz CT molecular complexity index is 381. The molecule has 2 rings (SSSR count). The number of halogens is 1. The Kier molecular flexibility index (Phi) is 3.07. The van der Waals surface area contributed by atoms with E-state index in [2.05, 4.69) is 82.5 Å². The van der Waals surface area contributed by atoms with Gasteiger partial charge in [0.25, 0.3) is 0 Å². The molecule has 0 amide bonds. The average Bonchev–Trinajstić information content (AvgIpc) is 2.31. The van der Waals surface area contributed by atoms with Crippen molar-refractivity contribution in [1.82, 2.24) is 0 Å². The third kappa shape index (κ3) is 2.21. The highest BCUT2D eigenvalue weighted by atomic mass is 79.9. The molecular formula is C13H13BrSi. The van der Waals surface area contributed by atoms with Crippen molar-refractivity contribution in [2.75, 3.05) is 0 Å². The van der Waals surface area contributed by atoms with Crippen LogP contribution in [0.2, 0.25) is 6.55 Å². The first kappa shape index (κ1) is 10.6. The molecule has 2 aromatic rings. The molecular weight excluding hydrogens is 264 g/mol. The molecule has 0 nitrogen and oxygen atoms in total. The topological polar surface area (TPSA) is 0 Å². The van der Waals surface area contributed by atoms with Gasteiger partial charge in [-0.25, -0.2) is 0 Å². The monoisotopic (exact) mass is 276 g/mol. The van der Waals surface area contributed by atoms with Gasteiger partial charge in [0, 0.05) is 0 Å². The molecule has 15 heavy (non-hydrogen) atoms. The van der Waals surface area contributed by atoms with Crippen LogP contribution in [0.5, 0.6) is 0 Å². The maximum absolute atomic E-state index is 3.94. The van der Waals surface area contributed by atoms with E-state index in [4.69, 9.17) is 0 Å². The van der Waals surface area contributed by atoms with Crippen molar-refractivity contribution in [3.63, 3.8) is 0 Å². The lowest BCUT2D eigenvalue weighted by molar-refractivity contribution is 1.72. The SMILES string of the molecule is C[Si](Br)(c1ccccc1)c1ccccc1. The second-order valence-electron chi connectivity index (χ2n) is 3.74. The molecule has 0 heterocycles. The molecule has 0 spiro atoms. The highest BCUT2D eigenvalue weighted by Gasteiger charge is 2.27. The van der Waals surface area contributed by atoms with Gasteiger partial charge in [-0.3, -0.25) is 0 Å². The van der Waals surface area contributed by atoms with E-state index in [1.54, 1.807) is 0 Å². The summed E-state index contributed by atoms with van der Waals surface area (Å²) in [6.45, 7) is 0.674. The van der Waals surface area contributed by atoms with E-state index in [0.717, 1.165) is 0 Å². The van der Waals surface area contributed by atoms with Gasteiger partial charge in [0.1, 0.15) is 0 Å². The van der Waals surface area contributed by atoms with Crippen LogP contribution >= 0.6 is 15.3 Å². The Balaban J connectivity index is 2.44. The van der Waals surface area contributed by atoms with Gasteiger partial charge >= 0.3 is 0 Å². The Hall–Kier alpha value is -0.863. The number of benzene rings is 2. The summed E-state index contributed by atoms with van der Waals surface area (Å²) in [5.74, 6) is 0. The second kappa shape index (κ2) is 4.33. The summed E-state index contributed by atoms with van der Waals surface area (Å²) in [5.41, 5.74) is 0. The fraction of sp³-hybridized carbons (Fsp3) is 0.0769. The molecule has 0 aromatic heterocycles. The minimum atomic E-state index is -1.64. The molecule has 0 fully saturated rings. The first-order chi connectivity index (χ1) is 7.21. The Morgan fingerprint density at radius 1 is 0.733 bits per heavy atom. The van der Waals surface area contributed by atoms with E-state index >= 15 is 0 Å². The van der Waals surface area contributed by atoms with Crippen LogP contribution in [0.15, 0.2) is 60.7 Å². The van der Waals surface area contributed by atoms with Gasteiger partial charge in [0.05, 0.1) is 0 Å². The van der Waals surface area contributed by atoms with Crippen molar-refractivity contribution in [1.29, 1.82) is 0 Å². The third-order valence-corrected chi connectivity index (χ3v) is 8.21. The Morgan fingerprint density at radius 3 is 1.40 bits per heavy atom. The number of rotatable bonds is 2. The van der Waals surface area contributed by atoms with Crippen molar-refractivity contribution in [3.05, 3.63) is 60.7 Å². The van der Waals surface area contributed by atoms with Crippen molar-refractivity contribution in [2.45, 2.75) is 6.55 Å². The van der Waals surface area contributed by atoms with Crippen molar-refractivity contribution >= 4 is 32.4 Å². The molecule has 0 saturated carbocycles. The molecule has 0 bridgehead atoms. The van der Waals surface area contributed by atoms with E-state index < -0.39 is 6.69 Å². The van der Waals surface area contributed by atoms with Gasteiger partial charge in [-0.15, -0.1) is 15.3 Å². The predicted molar refractivity (Wildman–Crippen MR) is 72.7 cm³/mol. The lowest BCUT2D eigenvalue weighted by Crippen LogP contribution is -2.49. The first-order valence-corrected chi connectivity index (χ1v) is 9.77. The standard InChI is InChI=1S/C13H13BrSi/c1-15(14,12-8-4-2-5-9-12)13-10-6-3-7-11-13/h2-11H,1H3. The molecule has 2 aromatic carbocycles. The minimum Gasteiger partial charge on any atom is -0.114 e. The smallest absolute Gasteiger partial charge is 0.114 e. The third-order valence-electron chi connectivity index (χ3n) is 2.63. The number of hydrogen-bond acceptors (Lipinski definition) is 0. The largest absolute Gasteiger partial charge is 0.187 e. The summed E-state index contributed by atoms with van der Waals surface area (Å²) in [4.78, 5) is 0. The highest BCUT2D eigenvalue weighted by Crippen LogP contribution is 2.12. The molecule has 0 atom stereocenters. The van der Waals surface area contributed by atoms with Crippen LogP contribution in [0.4, 0.5) is 0 Å². The van der Waals surface area contributed by atoms with Crippen molar-refractivity contribution in [3.8, 4) is 0 Å². The highest BCUT2D eigenvalue weighted by molar-refractivity contribution is 9.27. The van der Waals surface area contributed by atoms with Gasteiger partial charge in [0.2, 0.25) is 0 Å². The quantitative estimate of drug-likeness (QED) is 0.585. The predicted octanol–water partition coefficient (Wildman–Crippen LogP) is 2.77. The van der Waals surface area contributed by atoms with E-state index in [0.29, 0.717) is 0 Å². The molecule has 0 aliphatic heterocycles. The Morgan fingerprint density at radius 2 is 1.07 bits per heavy atom. The summed E-state index contributed by atoms with van der Waals surface area (Å²) in [6.07, 6.45) is 0. The minimum absolute atomic E-state index is 1.41. The summed E-state index contributed by atoms with van der Waals surface area (Å²) in [7, 11) is 0. The molecule has 0 unspecified atom stereocenters. The Labute approximate surface area is 99.6 Å². The number of hydrogen-bond donors (Lipinski definition) is 0. The maximum Gasteiger partial charge on any atom is 0.187 e. The summed E-state index contributed by atoms with van der Waals surface area (Å²) in [6, 6.07) is 21.3. The lowest BCUT2D eigenvalue weighted by Gasteiger charge is -2.20. The van der Waals surface area contributed by atoms with Crippen LogP contribution in [-0.2, 0) is 0 Å². The fourth-order valence-corrected chi connectivity index (χ4v) is 5.23. The second-order valence-corrected chi connectivity index (χ2v) is 11.7. The van der Waals surface area contributed by atoms with Crippen LogP contribution in [0, 0.1) is 0 Å². The molecule has 2 heteroatoms. The first-order valence-electron chi connectivity index (χ1n) is 5.01. The van der Waals surface area contributed by atoms with Gasteiger partial charge in [-0.2, -0.15) is 0 Å². The van der Waals surface area contributed by atoms with Crippen molar-refractivity contribution < 1.29 is 0 Å². The van der Waals surface area contributed by atoms with E-state index in [1.165, 1.54) is 10.4 Å². The maximum atomic E-state index is 3.94. The van der Waals surface area contributed by atoms with Gasteiger partial charge < -0.3 is 0 Å². The van der Waals surface area contributed by atoms with E-state index in [-0.39, 0.29) is 0 Å². The summed E-state index contributed by atoms with van der Waals surface area (Å²) in [5, 5.41) is 2.83. The fourth-order valence-electron chi connectivity index (χ4n) is 1.67. The summed E-state index contributed by atoms with van der Waals surface area (Å²) >= 11 is 3.94. The van der Waals surface area contributed by atoms with Gasteiger partial charge in [-0.05, 0) is 10.4 Å². The van der Waals surface area contributed by atoms with Crippen LogP contribution in [0.1, 0.15) is 0 Å². The van der Waals surface area contributed by atoms with Crippen LogP contribution in [0.25, 0.3) is 0 Å². The van der Waals surface area contributed by atoms with Gasteiger partial charge in [-0.1, -0.05) is 67.2 Å². The van der Waals surface area contributed by atoms with Crippen LogP contribution in [0.3, 0.4) is 0 Å². The zero-order valence-corrected chi connectivity index (χ0v) is 11.2.